The molecule has 272 valence electrons. The molecule has 1 aromatic carbocycles. The normalized spacial score (nSPS) is 36.4. The summed E-state index contributed by atoms with van der Waals surface area (Å²) < 4.78 is 36.7. The van der Waals surface area contributed by atoms with Gasteiger partial charge in [-0.15, -0.1) is 0 Å². The number of carbonyl (C=O) groups is 5. The molecular weight excluding hydrogens is 648 g/mol. The maximum absolute atomic E-state index is 13.6. The minimum Gasteiger partial charge on any atom is -0.457 e. The maximum Gasteiger partial charge on any atom is 0.338 e. The molecule has 1 N–H and O–H groups in total. The molecule has 4 rings (SSSR count). The number of ether oxygens (including phenoxy) is 6. The number of rotatable bonds is 7. The Morgan fingerprint density at radius 2 is 1.44 bits per heavy atom. The van der Waals surface area contributed by atoms with Crippen LogP contribution in [0.5, 0.6) is 0 Å². The zero-order chi connectivity index (χ0) is 37.4. The summed E-state index contributed by atoms with van der Waals surface area (Å²) in [4.78, 5) is 65.4. The van der Waals surface area contributed by atoms with Crippen LogP contribution in [-0.4, -0.2) is 76.4 Å². The fraction of sp³-hybridized carbons (Fsp3) is 0.553. The van der Waals surface area contributed by atoms with Crippen LogP contribution in [0.25, 0.3) is 0 Å². The molecule has 0 radical (unpaired) electrons. The monoisotopic (exact) mass is 696 g/mol. The molecule has 12 nitrogen and oxygen atoms in total. The van der Waals surface area contributed by atoms with Gasteiger partial charge < -0.3 is 33.5 Å². The van der Waals surface area contributed by atoms with Gasteiger partial charge in [-0.3, -0.25) is 14.4 Å². The van der Waals surface area contributed by atoms with Crippen LogP contribution in [0.3, 0.4) is 0 Å². The highest BCUT2D eigenvalue weighted by molar-refractivity contribution is 5.90. The highest BCUT2D eigenvalue weighted by atomic mass is 16.7. The summed E-state index contributed by atoms with van der Waals surface area (Å²) in [5, 5.41) is 12.5. The molecule has 0 amide bonds. The van der Waals surface area contributed by atoms with Crippen LogP contribution in [0, 0.1) is 17.3 Å². The number of benzene rings is 1. The third-order valence-electron chi connectivity index (χ3n) is 9.80. The van der Waals surface area contributed by atoms with Gasteiger partial charge in [0.05, 0.1) is 5.56 Å². The Kier molecular flexibility index (Phi) is 10.9. The topological polar surface area (TPSA) is 161 Å². The third-order valence-corrected chi connectivity index (χ3v) is 9.80. The quantitative estimate of drug-likeness (QED) is 0.177. The number of hydrogen-bond acceptors (Lipinski definition) is 12. The van der Waals surface area contributed by atoms with Gasteiger partial charge in [0.25, 0.3) is 0 Å². The van der Waals surface area contributed by atoms with Gasteiger partial charge in [0.15, 0.2) is 23.9 Å². The smallest absolute Gasteiger partial charge is 0.338 e. The molecule has 0 aromatic heterocycles. The van der Waals surface area contributed by atoms with Crippen LogP contribution in [0.1, 0.15) is 86.0 Å². The van der Waals surface area contributed by atoms with Crippen LogP contribution < -0.4 is 0 Å². The molecule has 1 saturated heterocycles. The van der Waals surface area contributed by atoms with Crippen LogP contribution in [-0.2, 0) is 47.6 Å². The molecule has 12 heteroatoms. The van der Waals surface area contributed by atoms with Gasteiger partial charge in [-0.1, -0.05) is 64.1 Å². The van der Waals surface area contributed by atoms with Gasteiger partial charge in [0, 0.05) is 55.6 Å². The fourth-order valence-electron chi connectivity index (χ4n) is 7.21. The highest BCUT2D eigenvalue weighted by Gasteiger charge is 2.70. The van der Waals surface area contributed by atoms with Crippen molar-refractivity contribution in [3.63, 3.8) is 0 Å². The van der Waals surface area contributed by atoms with Gasteiger partial charge in [-0.05, 0) is 39.0 Å². The van der Waals surface area contributed by atoms with Crippen LogP contribution in [0.15, 0.2) is 65.8 Å². The molecule has 2 fully saturated rings. The van der Waals surface area contributed by atoms with E-state index in [1.54, 1.807) is 90.1 Å². The van der Waals surface area contributed by atoms with Gasteiger partial charge in [-0.25, -0.2) is 9.59 Å². The summed E-state index contributed by atoms with van der Waals surface area (Å²) >= 11 is 0. The standard InChI is InChI=1S/C38H48O12/c1-11-21(2)33(42)48-31-32(46-25(6)40)38(44)35(8,9)18-17-22(3)30(45-24(5)39)37(49-26(7)41)19-23(4)29(28(37)20-36(31,10)50-38)47-34(43)27-15-13-12-14-16-27/h11-18,20,22-23,29-32,44H,19H2,1-10H3/b18-17+,21-11+,28-20-/t22-,23+,29+,30+,31+,32+,36-,37+,38-/m1/s1. The van der Waals surface area contributed by atoms with Crippen LogP contribution in [0.4, 0.5) is 0 Å². The second kappa shape index (κ2) is 14.1. The fourth-order valence-corrected chi connectivity index (χ4v) is 7.21. The van der Waals surface area contributed by atoms with Crippen molar-refractivity contribution in [3.05, 3.63) is 71.3 Å². The minimum absolute atomic E-state index is 0.0422. The van der Waals surface area contributed by atoms with Crippen LogP contribution >= 0.6 is 0 Å². The van der Waals surface area contributed by atoms with E-state index in [2.05, 4.69) is 0 Å². The van der Waals surface area contributed by atoms with Gasteiger partial charge in [-0.2, -0.15) is 0 Å². The number of aliphatic hydroxyl groups is 1. The summed E-state index contributed by atoms with van der Waals surface area (Å²) in [6.45, 7) is 15.2. The highest BCUT2D eigenvalue weighted by Crippen LogP contribution is 2.55. The zero-order valence-electron chi connectivity index (χ0n) is 30.3. The van der Waals surface area contributed by atoms with Crippen molar-refractivity contribution in [2.75, 3.05) is 0 Å². The Hall–Kier alpha value is -4.29. The number of fused-ring (bicyclic) bond motifs is 3. The molecule has 1 saturated carbocycles. The van der Waals surface area contributed by atoms with Crippen molar-refractivity contribution in [1.82, 2.24) is 0 Å². The molecule has 1 aromatic rings. The molecule has 1 aliphatic carbocycles. The van der Waals surface area contributed by atoms with Gasteiger partial charge in [0.1, 0.15) is 11.7 Å². The molecule has 0 spiro atoms. The minimum atomic E-state index is -2.32. The number of esters is 5. The van der Waals surface area contributed by atoms with Crippen molar-refractivity contribution < 1.29 is 57.5 Å². The average Bonchev–Trinajstić information content (AvgIpc) is 3.39. The summed E-state index contributed by atoms with van der Waals surface area (Å²) in [5.41, 5.74) is -4.25. The van der Waals surface area contributed by atoms with E-state index in [4.69, 9.17) is 28.4 Å². The third kappa shape index (κ3) is 7.14. The first-order valence-corrected chi connectivity index (χ1v) is 16.7. The predicted molar refractivity (Wildman–Crippen MR) is 179 cm³/mol. The molecular formula is C38H48O12. The average molecular weight is 697 g/mol. The molecule has 2 bridgehead atoms. The number of carbonyl (C=O) groups excluding carboxylic acids is 5. The Balaban J connectivity index is 2.11. The second-order valence-electron chi connectivity index (χ2n) is 14.2. The van der Waals surface area contributed by atoms with Crippen molar-refractivity contribution in [2.24, 2.45) is 17.3 Å². The second-order valence-corrected chi connectivity index (χ2v) is 14.2. The molecule has 50 heavy (non-hydrogen) atoms. The lowest BCUT2D eigenvalue weighted by Gasteiger charge is -2.41. The summed E-state index contributed by atoms with van der Waals surface area (Å²) in [5.74, 6) is -7.08. The largest absolute Gasteiger partial charge is 0.457 e. The van der Waals surface area contributed by atoms with Gasteiger partial charge >= 0.3 is 29.8 Å². The van der Waals surface area contributed by atoms with E-state index in [-0.39, 0.29) is 23.1 Å². The van der Waals surface area contributed by atoms with E-state index in [0.717, 1.165) is 6.92 Å². The lowest BCUT2D eigenvalue weighted by molar-refractivity contribution is -0.285. The Morgan fingerprint density at radius 3 is 2.00 bits per heavy atom. The summed E-state index contributed by atoms with van der Waals surface area (Å²) in [7, 11) is 0. The zero-order valence-corrected chi connectivity index (χ0v) is 30.3. The summed E-state index contributed by atoms with van der Waals surface area (Å²) in [6.07, 6.45) is 1.08. The first kappa shape index (κ1) is 38.5. The predicted octanol–water partition coefficient (Wildman–Crippen LogP) is 4.93. The molecule has 2 aliphatic heterocycles. The van der Waals surface area contributed by atoms with Crippen molar-refractivity contribution in [2.45, 2.75) is 117 Å². The van der Waals surface area contributed by atoms with Gasteiger partial charge in [0.2, 0.25) is 5.79 Å². The molecule has 3 aliphatic rings. The van der Waals surface area contributed by atoms with E-state index in [1.807, 2.05) is 0 Å². The molecule has 9 atom stereocenters. The Labute approximate surface area is 292 Å². The van der Waals surface area contributed by atoms with Crippen molar-refractivity contribution >= 4 is 29.8 Å². The lowest BCUT2D eigenvalue weighted by atomic mass is 9.75. The SMILES string of the molecule is C/C=C(\C)C(=O)O[C@H]1[C@H](OC(C)=O)[C@@]2(O)O[C@]1(C)/C=C1/[C@@H](OC(=O)c3ccccc3)[C@@H](C)C[C@@]1(OC(C)=O)[C@@H](OC(C)=O)[C@H](C)/C=C/C2(C)C. The van der Waals surface area contributed by atoms with E-state index in [9.17, 15) is 29.1 Å². The van der Waals surface area contributed by atoms with Crippen molar-refractivity contribution in [3.8, 4) is 0 Å². The molecule has 2 heterocycles. The first-order valence-electron chi connectivity index (χ1n) is 16.7. The van der Waals surface area contributed by atoms with E-state index >= 15 is 0 Å². The maximum atomic E-state index is 13.6. The Bertz CT molecular complexity index is 1610. The Morgan fingerprint density at radius 1 is 0.840 bits per heavy atom. The van der Waals surface area contributed by atoms with E-state index < -0.39 is 88.5 Å². The number of hydrogen-bond donors (Lipinski definition) is 1. The van der Waals surface area contributed by atoms with Crippen LogP contribution in [0.2, 0.25) is 0 Å². The summed E-state index contributed by atoms with van der Waals surface area (Å²) in [6, 6.07) is 8.31. The van der Waals surface area contributed by atoms with Crippen molar-refractivity contribution in [1.29, 1.82) is 0 Å². The first-order chi connectivity index (χ1) is 23.2. The van der Waals surface area contributed by atoms with E-state index in [0.29, 0.717) is 0 Å². The molecule has 0 unspecified atom stereocenters. The van der Waals surface area contributed by atoms with E-state index in [1.165, 1.54) is 26.8 Å². The number of allylic oxidation sites excluding steroid dienone is 1. The lowest BCUT2D eigenvalue weighted by Crippen LogP contribution is -2.56.